The number of benzene rings is 3. The molecule has 1 fully saturated rings. The minimum absolute atomic E-state index is 0.270. The van der Waals surface area contributed by atoms with Crippen LogP contribution in [-0.4, -0.2) is 33.0 Å². The summed E-state index contributed by atoms with van der Waals surface area (Å²) in [4.78, 5) is 0. The van der Waals surface area contributed by atoms with Gasteiger partial charge >= 0.3 is 0 Å². The van der Waals surface area contributed by atoms with E-state index in [1.807, 2.05) is 24.3 Å². The Morgan fingerprint density at radius 2 is 1.62 bits per heavy atom. The second-order valence-electron chi connectivity index (χ2n) is 6.68. The Hall–Kier alpha value is -2.56. The van der Waals surface area contributed by atoms with E-state index in [-0.39, 0.29) is 5.92 Å². The maximum atomic E-state index is 5.99. The number of nitrogen functional groups attached to an aromatic ring is 1. The van der Waals surface area contributed by atoms with Crippen LogP contribution >= 0.6 is 0 Å². The van der Waals surface area contributed by atoms with Gasteiger partial charge in [-0.1, -0.05) is 30.3 Å². The maximum absolute atomic E-state index is 5.99. The Balaban J connectivity index is 1.53. The van der Waals surface area contributed by atoms with Crippen molar-refractivity contribution in [2.75, 3.05) is 38.8 Å². The van der Waals surface area contributed by atoms with Crippen molar-refractivity contribution in [3.63, 3.8) is 0 Å². The van der Waals surface area contributed by atoms with Crippen molar-refractivity contribution in [3.05, 3.63) is 60.7 Å². The van der Waals surface area contributed by atoms with E-state index in [0.717, 1.165) is 28.0 Å². The van der Waals surface area contributed by atoms with E-state index in [1.54, 1.807) is 0 Å². The lowest BCUT2D eigenvalue weighted by atomic mass is 10.0. The average molecular weight is 349 g/mol. The zero-order valence-electron chi connectivity index (χ0n) is 14.7. The third-order valence-corrected chi connectivity index (χ3v) is 4.60. The molecule has 3 aromatic carbocycles. The molecule has 0 aliphatic carbocycles. The molecule has 0 radical (unpaired) electrons. The van der Waals surface area contributed by atoms with Crippen LogP contribution < -0.4 is 10.5 Å². The highest BCUT2D eigenvalue weighted by Gasteiger charge is 2.14. The van der Waals surface area contributed by atoms with Gasteiger partial charge in [-0.3, -0.25) is 0 Å². The van der Waals surface area contributed by atoms with Gasteiger partial charge in [0.15, 0.2) is 0 Å². The van der Waals surface area contributed by atoms with Crippen LogP contribution in [-0.2, 0) is 9.47 Å². The van der Waals surface area contributed by atoms with Crippen LogP contribution in [0.3, 0.4) is 0 Å². The summed E-state index contributed by atoms with van der Waals surface area (Å²) in [5.74, 6) is 1.14. The fourth-order valence-electron chi connectivity index (χ4n) is 3.19. The molecule has 134 valence electrons. The Bertz CT molecular complexity index is 885. The molecule has 0 aromatic heterocycles. The first-order chi connectivity index (χ1) is 12.8. The molecule has 4 heteroatoms. The number of nitrogens with two attached hydrogens (primary N) is 1. The molecular weight excluding hydrogens is 326 g/mol. The minimum Gasteiger partial charge on any atom is -0.493 e. The molecule has 0 amide bonds. The SMILES string of the molecule is Nc1cccc(-c2ccc3ccc(OCC4COCCOC4)cc3c2)c1. The van der Waals surface area contributed by atoms with Gasteiger partial charge in [-0.2, -0.15) is 0 Å². The summed E-state index contributed by atoms with van der Waals surface area (Å²) in [5.41, 5.74) is 8.95. The van der Waals surface area contributed by atoms with Crippen LogP contribution in [0.2, 0.25) is 0 Å². The normalized spacial score (nSPS) is 15.7. The van der Waals surface area contributed by atoms with Gasteiger partial charge in [0.2, 0.25) is 0 Å². The lowest BCUT2D eigenvalue weighted by Gasteiger charge is -2.15. The zero-order valence-corrected chi connectivity index (χ0v) is 14.7. The maximum Gasteiger partial charge on any atom is 0.119 e. The highest BCUT2D eigenvalue weighted by Crippen LogP contribution is 2.28. The van der Waals surface area contributed by atoms with Crippen molar-refractivity contribution in [2.24, 2.45) is 5.92 Å². The van der Waals surface area contributed by atoms with Crippen molar-refractivity contribution < 1.29 is 14.2 Å². The molecule has 1 saturated heterocycles. The predicted molar refractivity (Wildman–Crippen MR) is 104 cm³/mol. The first-order valence-corrected chi connectivity index (χ1v) is 8.96. The van der Waals surface area contributed by atoms with E-state index < -0.39 is 0 Å². The van der Waals surface area contributed by atoms with Gasteiger partial charge < -0.3 is 19.9 Å². The summed E-state index contributed by atoms with van der Waals surface area (Å²) < 4.78 is 17.0. The Morgan fingerprint density at radius 1 is 0.846 bits per heavy atom. The van der Waals surface area contributed by atoms with Gasteiger partial charge in [-0.15, -0.1) is 0 Å². The zero-order chi connectivity index (χ0) is 17.8. The topological polar surface area (TPSA) is 53.7 Å². The Labute approximate surface area is 153 Å². The van der Waals surface area contributed by atoms with Gasteiger partial charge in [-0.05, 0) is 52.2 Å². The molecule has 4 rings (SSSR count). The molecule has 0 bridgehead atoms. The third kappa shape index (κ3) is 3.98. The first kappa shape index (κ1) is 16.9. The number of rotatable bonds is 4. The van der Waals surface area contributed by atoms with E-state index >= 15 is 0 Å². The summed E-state index contributed by atoms with van der Waals surface area (Å²) in [5, 5.41) is 2.34. The van der Waals surface area contributed by atoms with Crippen molar-refractivity contribution in [2.45, 2.75) is 0 Å². The fourth-order valence-corrected chi connectivity index (χ4v) is 3.19. The summed E-state index contributed by atoms with van der Waals surface area (Å²) >= 11 is 0. The largest absolute Gasteiger partial charge is 0.493 e. The first-order valence-electron chi connectivity index (χ1n) is 8.96. The van der Waals surface area contributed by atoms with E-state index in [9.17, 15) is 0 Å². The standard InChI is InChI=1S/C22H23NO3/c23-21-3-1-2-18(11-21)19-5-4-17-6-7-22(12-20(17)10-19)26-15-16-13-24-8-9-25-14-16/h1-7,10-12,16H,8-9,13-15,23H2. The number of hydrogen-bond donors (Lipinski definition) is 1. The number of hydrogen-bond acceptors (Lipinski definition) is 4. The van der Waals surface area contributed by atoms with Crippen molar-refractivity contribution >= 4 is 16.5 Å². The molecule has 2 N–H and O–H groups in total. The molecule has 0 saturated carbocycles. The smallest absolute Gasteiger partial charge is 0.119 e. The lowest BCUT2D eigenvalue weighted by molar-refractivity contribution is 0.101. The highest BCUT2D eigenvalue weighted by molar-refractivity contribution is 5.88. The van der Waals surface area contributed by atoms with Crippen LogP contribution in [0.5, 0.6) is 5.75 Å². The Morgan fingerprint density at radius 3 is 2.42 bits per heavy atom. The molecule has 0 atom stereocenters. The highest BCUT2D eigenvalue weighted by atomic mass is 16.5. The van der Waals surface area contributed by atoms with E-state index in [2.05, 4.69) is 36.4 Å². The van der Waals surface area contributed by atoms with Crippen LogP contribution in [0.4, 0.5) is 5.69 Å². The number of anilines is 1. The monoisotopic (exact) mass is 349 g/mol. The summed E-state index contributed by atoms with van der Waals surface area (Å²) in [6.45, 7) is 3.30. The molecule has 1 aliphatic rings. The van der Waals surface area contributed by atoms with Crippen LogP contribution in [0.25, 0.3) is 21.9 Å². The van der Waals surface area contributed by atoms with Crippen LogP contribution in [0.15, 0.2) is 60.7 Å². The minimum atomic E-state index is 0.270. The molecule has 1 heterocycles. The summed E-state index contributed by atoms with van der Waals surface area (Å²) in [6.07, 6.45) is 0. The molecule has 0 spiro atoms. The Kier molecular flexibility index (Phi) is 5.04. The quantitative estimate of drug-likeness (QED) is 0.720. The average Bonchev–Trinajstić information content (AvgIpc) is 2.94. The molecule has 26 heavy (non-hydrogen) atoms. The van der Waals surface area contributed by atoms with E-state index in [1.165, 1.54) is 5.39 Å². The van der Waals surface area contributed by atoms with Gasteiger partial charge in [0.25, 0.3) is 0 Å². The van der Waals surface area contributed by atoms with Crippen molar-refractivity contribution in [1.82, 2.24) is 0 Å². The van der Waals surface area contributed by atoms with Crippen LogP contribution in [0, 0.1) is 5.92 Å². The van der Waals surface area contributed by atoms with Crippen molar-refractivity contribution in [1.29, 1.82) is 0 Å². The molecule has 3 aromatic rings. The van der Waals surface area contributed by atoms with Crippen LogP contribution in [0.1, 0.15) is 0 Å². The predicted octanol–water partition coefficient (Wildman–Crippen LogP) is 4.13. The van der Waals surface area contributed by atoms with Gasteiger partial charge in [-0.25, -0.2) is 0 Å². The van der Waals surface area contributed by atoms with E-state index in [4.69, 9.17) is 19.9 Å². The second-order valence-corrected chi connectivity index (χ2v) is 6.68. The molecule has 1 aliphatic heterocycles. The van der Waals surface area contributed by atoms with Gasteiger partial charge in [0.05, 0.1) is 33.0 Å². The number of ether oxygens (including phenoxy) is 3. The molecule has 4 nitrogen and oxygen atoms in total. The number of fused-ring (bicyclic) bond motifs is 1. The summed E-state index contributed by atoms with van der Waals surface area (Å²) in [7, 11) is 0. The second kappa shape index (κ2) is 7.77. The third-order valence-electron chi connectivity index (χ3n) is 4.60. The fraction of sp³-hybridized carbons (Fsp3) is 0.273. The summed E-state index contributed by atoms with van der Waals surface area (Å²) in [6, 6.07) is 20.6. The van der Waals surface area contributed by atoms with Gasteiger partial charge in [0, 0.05) is 11.6 Å². The van der Waals surface area contributed by atoms with Gasteiger partial charge in [0.1, 0.15) is 5.75 Å². The molecular formula is C22H23NO3. The van der Waals surface area contributed by atoms with E-state index in [0.29, 0.717) is 33.0 Å². The molecule has 0 unspecified atom stereocenters. The van der Waals surface area contributed by atoms with Crippen molar-refractivity contribution in [3.8, 4) is 16.9 Å². The lowest BCUT2D eigenvalue weighted by Crippen LogP contribution is -2.20.